The zero-order valence-electron chi connectivity index (χ0n) is 15.3. The Labute approximate surface area is 143 Å². The van der Waals surface area contributed by atoms with Crippen LogP contribution in [0.1, 0.15) is 31.6 Å². The van der Waals surface area contributed by atoms with Crippen molar-refractivity contribution >= 4 is 11.8 Å². The minimum Gasteiger partial charge on any atom is -0.476 e. The van der Waals surface area contributed by atoms with Gasteiger partial charge in [0.1, 0.15) is 5.92 Å². The lowest BCUT2D eigenvalue weighted by atomic mass is 9.93. The maximum absolute atomic E-state index is 13.2. The van der Waals surface area contributed by atoms with E-state index in [-0.39, 0.29) is 11.3 Å². The summed E-state index contributed by atoms with van der Waals surface area (Å²) in [5.74, 6) is -4.77. The molecule has 5 N–H and O–H groups in total. The Morgan fingerprint density at radius 1 is 1.36 bits per heavy atom. The highest BCUT2D eigenvalue weighted by molar-refractivity contribution is 5.91. The zero-order valence-corrected chi connectivity index (χ0v) is 12.3. The smallest absolute Gasteiger partial charge is 0.400 e. The average molecular weight is 360 g/mol. The van der Waals surface area contributed by atoms with Crippen molar-refractivity contribution in [3.63, 3.8) is 0 Å². The molecule has 0 bridgehead atoms. The number of aromatic carboxylic acids is 1. The SMILES string of the molecule is [2H]C([2H])([2H])c1ccc(C(C(O)O)C(F)(F)F)cc1-c1cnc(N)c(C(=O)O)n1. The minimum atomic E-state index is -5.05. The molecule has 0 saturated carbocycles. The quantitative estimate of drug-likeness (QED) is 0.611. The summed E-state index contributed by atoms with van der Waals surface area (Å²) in [6.07, 6.45) is -6.95. The summed E-state index contributed by atoms with van der Waals surface area (Å²) in [6, 6.07) is 2.41. The van der Waals surface area contributed by atoms with Crippen LogP contribution in [-0.2, 0) is 0 Å². The summed E-state index contributed by atoms with van der Waals surface area (Å²) in [4.78, 5) is 18.4. The van der Waals surface area contributed by atoms with Gasteiger partial charge >= 0.3 is 12.1 Å². The first-order valence-corrected chi connectivity index (χ1v) is 6.67. The van der Waals surface area contributed by atoms with E-state index in [2.05, 4.69) is 9.97 Å². The van der Waals surface area contributed by atoms with E-state index in [1.807, 2.05) is 0 Å². The Balaban J connectivity index is 2.77. The maximum atomic E-state index is 13.2. The predicted molar refractivity (Wildman–Crippen MR) is 80.6 cm³/mol. The van der Waals surface area contributed by atoms with E-state index in [4.69, 9.17) is 25.2 Å². The lowest BCUT2D eigenvalue weighted by Gasteiger charge is -2.23. The Bertz CT molecular complexity index is 904. The Kier molecular flexibility index (Phi) is 3.89. The second-order valence-electron chi connectivity index (χ2n) is 5.03. The van der Waals surface area contributed by atoms with Gasteiger partial charge in [0.25, 0.3) is 0 Å². The summed E-state index contributed by atoms with van der Waals surface area (Å²) >= 11 is 0. The van der Waals surface area contributed by atoms with E-state index in [1.165, 1.54) is 0 Å². The van der Waals surface area contributed by atoms with E-state index in [1.54, 1.807) is 0 Å². The molecular formula is C15H14F3N3O4. The standard InChI is InChI=1S/C15H14F3N3O4/c1-6-2-3-7(10(13(22)23)15(16,17)18)4-8(6)9-5-20-12(19)11(21-9)14(24)25/h2-5,10,13,22-23H,1H3,(H2,19,20)(H,24,25)/i1D3. The summed E-state index contributed by atoms with van der Waals surface area (Å²) in [5.41, 5.74) is 2.86. The first-order valence-electron chi connectivity index (χ1n) is 8.17. The van der Waals surface area contributed by atoms with Crippen LogP contribution in [0.4, 0.5) is 19.0 Å². The lowest BCUT2D eigenvalue weighted by molar-refractivity contribution is -0.208. The van der Waals surface area contributed by atoms with E-state index in [0.717, 1.165) is 24.4 Å². The van der Waals surface area contributed by atoms with Crippen LogP contribution in [0.15, 0.2) is 24.4 Å². The van der Waals surface area contributed by atoms with Crippen molar-refractivity contribution in [3.05, 3.63) is 41.2 Å². The fourth-order valence-corrected chi connectivity index (χ4v) is 2.18. The molecule has 0 spiro atoms. The molecule has 25 heavy (non-hydrogen) atoms. The summed E-state index contributed by atoms with van der Waals surface area (Å²) < 4.78 is 62.2. The van der Waals surface area contributed by atoms with E-state index < -0.39 is 53.8 Å². The Morgan fingerprint density at radius 2 is 2.04 bits per heavy atom. The molecule has 134 valence electrons. The van der Waals surface area contributed by atoms with Gasteiger partial charge in [0, 0.05) is 9.68 Å². The predicted octanol–water partition coefficient (Wildman–Crippen LogP) is 1.69. The molecule has 10 heteroatoms. The molecule has 0 amide bonds. The number of hydrogen-bond donors (Lipinski definition) is 4. The second-order valence-corrected chi connectivity index (χ2v) is 5.03. The Hall–Kier alpha value is -2.72. The van der Waals surface area contributed by atoms with Crippen molar-refractivity contribution in [2.45, 2.75) is 25.2 Å². The molecule has 0 aliphatic carbocycles. The van der Waals surface area contributed by atoms with Crippen molar-refractivity contribution in [3.8, 4) is 11.3 Å². The topological polar surface area (TPSA) is 130 Å². The number of aliphatic hydroxyl groups is 2. The summed E-state index contributed by atoms with van der Waals surface area (Å²) in [6.45, 7) is -2.79. The van der Waals surface area contributed by atoms with Crippen LogP contribution >= 0.6 is 0 Å². The average Bonchev–Trinajstić information content (AvgIpc) is 2.52. The largest absolute Gasteiger partial charge is 0.476 e. The van der Waals surface area contributed by atoms with Crippen LogP contribution in [0.25, 0.3) is 11.3 Å². The number of halogens is 3. The van der Waals surface area contributed by atoms with Crippen molar-refractivity contribution in [2.24, 2.45) is 0 Å². The third-order valence-corrected chi connectivity index (χ3v) is 3.33. The molecule has 0 aliphatic rings. The molecular weight excluding hydrogens is 343 g/mol. The molecule has 1 atom stereocenters. The normalized spacial score (nSPS) is 15.4. The first-order chi connectivity index (χ1) is 12.7. The zero-order chi connectivity index (χ0) is 21.4. The third kappa shape index (κ3) is 3.86. The maximum Gasteiger partial charge on any atom is 0.400 e. The number of benzene rings is 1. The fraction of sp³-hybridized carbons (Fsp3) is 0.267. The monoisotopic (exact) mass is 360 g/mol. The molecule has 0 fully saturated rings. The van der Waals surface area contributed by atoms with Crippen LogP contribution in [0.5, 0.6) is 0 Å². The van der Waals surface area contributed by atoms with Gasteiger partial charge in [-0.2, -0.15) is 13.2 Å². The van der Waals surface area contributed by atoms with Gasteiger partial charge in [0.05, 0.1) is 11.9 Å². The number of hydrogen-bond acceptors (Lipinski definition) is 6. The molecule has 7 nitrogen and oxygen atoms in total. The lowest BCUT2D eigenvalue weighted by Crippen LogP contribution is -2.31. The number of carbonyl (C=O) groups is 1. The number of aryl methyl sites for hydroxylation is 1. The molecule has 2 rings (SSSR count). The van der Waals surface area contributed by atoms with Crippen LogP contribution in [0.3, 0.4) is 0 Å². The number of aromatic nitrogens is 2. The molecule has 1 aromatic carbocycles. The Morgan fingerprint density at radius 3 is 2.56 bits per heavy atom. The fourth-order valence-electron chi connectivity index (χ4n) is 2.18. The summed E-state index contributed by atoms with van der Waals surface area (Å²) in [7, 11) is 0. The summed E-state index contributed by atoms with van der Waals surface area (Å²) in [5, 5.41) is 27.4. The van der Waals surface area contributed by atoms with Crippen molar-refractivity contribution in [1.29, 1.82) is 0 Å². The number of nitrogens with two attached hydrogens (primary N) is 1. The number of carboxylic acid groups (broad SMARTS) is 1. The van der Waals surface area contributed by atoms with Crippen LogP contribution < -0.4 is 5.73 Å². The third-order valence-electron chi connectivity index (χ3n) is 3.33. The number of carboxylic acids is 1. The van der Waals surface area contributed by atoms with E-state index >= 15 is 0 Å². The highest BCUT2D eigenvalue weighted by atomic mass is 19.4. The number of anilines is 1. The van der Waals surface area contributed by atoms with Gasteiger partial charge in [-0.1, -0.05) is 12.1 Å². The highest BCUT2D eigenvalue weighted by Gasteiger charge is 2.45. The molecule has 1 unspecified atom stereocenters. The molecule has 1 aromatic heterocycles. The molecule has 2 aromatic rings. The van der Waals surface area contributed by atoms with Crippen LogP contribution in [0, 0.1) is 6.85 Å². The molecule has 0 radical (unpaired) electrons. The van der Waals surface area contributed by atoms with Gasteiger partial charge in [-0.25, -0.2) is 14.8 Å². The minimum absolute atomic E-state index is 0.354. The second kappa shape index (κ2) is 6.65. The molecule has 0 saturated heterocycles. The van der Waals surface area contributed by atoms with Crippen molar-refractivity contribution in [1.82, 2.24) is 9.97 Å². The number of alkyl halides is 3. The van der Waals surface area contributed by atoms with Gasteiger partial charge in [-0.3, -0.25) is 0 Å². The number of nitrogens with zero attached hydrogens (tertiary/aromatic N) is 2. The van der Waals surface area contributed by atoms with Crippen molar-refractivity contribution in [2.75, 3.05) is 5.73 Å². The highest BCUT2D eigenvalue weighted by Crippen LogP contribution is 2.38. The van der Waals surface area contributed by atoms with Gasteiger partial charge in [-0.05, 0) is 24.0 Å². The number of rotatable bonds is 4. The van der Waals surface area contributed by atoms with Crippen LogP contribution in [-0.4, -0.2) is 43.7 Å². The van der Waals surface area contributed by atoms with Crippen molar-refractivity contribution < 1.29 is 37.4 Å². The van der Waals surface area contributed by atoms with Gasteiger partial charge in [0.2, 0.25) is 0 Å². The van der Waals surface area contributed by atoms with Gasteiger partial charge < -0.3 is 21.1 Å². The van der Waals surface area contributed by atoms with E-state index in [0.29, 0.717) is 0 Å². The van der Waals surface area contributed by atoms with Gasteiger partial charge in [-0.15, -0.1) is 0 Å². The number of nitrogen functional groups attached to an aromatic ring is 1. The first kappa shape index (κ1) is 14.6. The van der Waals surface area contributed by atoms with E-state index in [9.17, 15) is 18.0 Å². The van der Waals surface area contributed by atoms with Crippen LogP contribution in [0.2, 0.25) is 0 Å². The van der Waals surface area contributed by atoms with Gasteiger partial charge in [0.15, 0.2) is 17.8 Å². The molecule has 0 aliphatic heterocycles. The molecule has 1 heterocycles. The number of aliphatic hydroxyl groups excluding tert-OH is 1.